The molecule has 0 radical (unpaired) electrons. The number of carbonyl (C=O) groups excluding carboxylic acids is 4. The van der Waals surface area contributed by atoms with E-state index in [-0.39, 0.29) is 30.4 Å². The Labute approximate surface area is 297 Å². The van der Waals surface area contributed by atoms with Crippen LogP contribution in [0.25, 0.3) is 0 Å². The van der Waals surface area contributed by atoms with Crippen molar-refractivity contribution in [1.29, 1.82) is 0 Å². The second-order valence-electron chi connectivity index (χ2n) is 14.6. The summed E-state index contributed by atoms with van der Waals surface area (Å²) in [6, 6.07) is 14.2. The molecule has 0 bridgehead atoms. The van der Waals surface area contributed by atoms with Crippen molar-refractivity contribution in [2.24, 2.45) is 11.7 Å². The Hall–Kier alpha value is -4.07. The summed E-state index contributed by atoms with van der Waals surface area (Å²) in [6.45, 7) is 16.5. The first-order valence-corrected chi connectivity index (χ1v) is 20.0. The minimum absolute atomic E-state index is 0.0619. The van der Waals surface area contributed by atoms with Gasteiger partial charge in [0.15, 0.2) is 8.32 Å². The van der Waals surface area contributed by atoms with Gasteiger partial charge >= 0.3 is 12.1 Å². The number of nitrogens with two attached hydrogens (primary N) is 1. The van der Waals surface area contributed by atoms with E-state index < -0.39 is 68.4 Å². The second kappa shape index (κ2) is 18.8. The van der Waals surface area contributed by atoms with Crippen molar-refractivity contribution in [2.75, 3.05) is 0 Å². The number of nitrogens with one attached hydrogen (secondary N) is 2. The Kier molecular flexibility index (Phi) is 15.8. The molecule has 0 aliphatic carbocycles. The van der Waals surface area contributed by atoms with Crippen LogP contribution in [0, 0.1) is 5.92 Å². The van der Waals surface area contributed by atoms with Crippen molar-refractivity contribution in [2.45, 2.75) is 123 Å². The zero-order valence-electron chi connectivity index (χ0n) is 30.9. The average Bonchev–Trinajstić information content (AvgIpc) is 3.04. The van der Waals surface area contributed by atoms with E-state index in [1.54, 1.807) is 38.1 Å². The van der Waals surface area contributed by atoms with Crippen molar-refractivity contribution >= 4 is 38.1 Å². The molecule has 0 saturated carbocycles. The number of carboxylic acid groups (broad SMARTS) is 1. The summed E-state index contributed by atoms with van der Waals surface area (Å²) >= 11 is 0. The second-order valence-corrected chi connectivity index (χ2v) is 19.4. The topological polar surface area (TPSA) is 177 Å². The number of amides is 4. The van der Waals surface area contributed by atoms with Crippen molar-refractivity contribution < 1.29 is 38.2 Å². The van der Waals surface area contributed by atoms with E-state index >= 15 is 0 Å². The Balaban J connectivity index is 2.46. The first-order chi connectivity index (χ1) is 23.2. The van der Waals surface area contributed by atoms with Gasteiger partial charge in [0.1, 0.15) is 18.7 Å². The molecule has 0 heterocycles. The molecule has 50 heavy (non-hydrogen) atoms. The fourth-order valence-corrected chi connectivity index (χ4v) is 6.33. The highest BCUT2D eigenvalue weighted by atomic mass is 28.4. The van der Waals surface area contributed by atoms with Gasteiger partial charge < -0.3 is 30.6 Å². The zero-order chi connectivity index (χ0) is 37.8. The molecule has 2 rings (SSSR count). The van der Waals surface area contributed by atoms with Crippen LogP contribution in [0.4, 0.5) is 4.79 Å². The molecule has 0 fully saturated rings. The molecule has 0 aliphatic rings. The predicted octanol–water partition coefficient (Wildman–Crippen LogP) is 5.01. The van der Waals surface area contributed by atoms with Gasteiger partial charge in [0.2, 0.25) is 17.7 Å². The first-order valence-electron chi connectivity index (χ1n) is 17.1. The molecule has 5 N–H and O–H groups in total. The summed E-state index contributed by atoms with van der Waals surface area (Å²) in [4.78, 5) is 66.2. The lowest BCUT2D eigenvalue weighted by molar-refractivity contribution is -0.143. The number of ether oxygens (including phenoxy) is 1. The SMILES string of the molecule is CC(C)C(NC(=O)CC[C@H](O[Si](C)(C)C(C)(C)C)[C@H](Cc1ccccc1)NC(=O)[C@H](C)N(C(=O)OCc1ccccc1)C(=O)[C@H](C)N)C(=O)O. The van der Waals surface area contributed by atoms with Crippen LogP contribution < -0.4 is 16.4 Å². The summed E-state index contributed by atoms with van der Waals surface area (Å²) in [5, 5.41) is 15.0. The minimum Gasteiger partial charge on any atom is -0.480 e. The Bertz CT molecular complexity index is 1430. The number of aliphatic carboxylic acids is 1. The van der Waals surface area contributed by atoms with Crippen LogP contribution >= 0.6 is 0 Å². The highest BCUT2D eigenvalue weighted by Crippen LogP contribution is 2.38. The van der Waals surface area contributed by atoms with Gasteiger partial charge in [-0.2, -0.15) is 0 Å². The monoisotopic (exact) mass is 712 g/mol. The third-order valence-electron chi connectivity index (χ3n) is 9.03. The van der Waals surface area contributed by atoms with Crippen LogP contribution in [-0.4, -0.2) is 78.4 Å². The maximum atomic E-state index is 14.0. The van der Waals surface area contributed by atoms with Crippen LogP contribution in [0.5, 0.6) is 0 Å². The lowest BCUT2D eigenvalue weighted by Gasteiger charge is -2.42. The molecule has 0 aliphatic heterocycles. The molecule has 5 atom stereocenters. The third-order valence-corrected chi connectivity index (χ3v) is 13.5. The Morgan fingerprint density at radius 1 is 0.880 bits per heavy atom. The van der Waals surface area contributed by atoms with Crippen molar-refractivity contribution in [3.8, 4) is 0 Å². The Morgan fingerprint density at radius 3 is 1.90 bits per heavy atom. The predicted molar refractivity (Wildman–Crippen MR) is 194 cm³/mol. The van der Waals surface area contributed by atoms with Crippen molar-refractivity contribution in [3.63, 3.8) is 0 Å². The lowest BCUT2D eigenvalue weighted by atomic mass is 9.97. The maximum Gasteiger partial charge on any atom is 0.417 e. The minimum atomic E-state index is -2.51. The van der Waals surface area contributed by atoms with E-state index in [1.165, 1.54) is 13.8 Å². The maximum absolute atomic E-state index is 14.0. The van der Waals surface area contributed by atoms with Gasteiger partial charge in [-0.15, -0.1) is 0 Å². The van der Waals surface area contributed by atoms with Gasteiger partial charge in [-0.3, -0.25) is 14.4 Å². The molecule has 13 heteroatoms. The number of carboxylic acids is 1. The quantitative estimate of drug-likeness (QED) is 0.164. The summed E-state index contributed by atoms with van der Waals surface area (Å²) < 4.78 is 12.3. The van der Waals surface area contributed by atoms with Gasteiger partial charge in [-0.1, -0.05) is 95.3 Å². The highest BCUT2D eigenvalue weighted by Gasteiger charge is 2.42. The normalized spacial score (nSPS) is 14.9. The summed E-state index contributed by atoms with van der Waals surface area (Å²) in [5.41, 5.74) is 7.49. The summed E-state index contributed by atoms with van der Waals surface area (Å²) in [7, 11) is -2.51. The highest BCUT2D eigenvalue weighted by molar-refractivity contribution is 6.74. The smallest absolute Gasteiger partial charge is 0.417 e. The van der Waals surface area contributed by atoms with Gasteiger partial charge in [-0.05, 0) is 61.9 Å². The molecule has 2 aromatic rings. The Morgan fingerprint density at radius 2 is 1.42 bits per heavy atom. The largest absolute Gasteiger partial charge is 0.480 e. The first kappa shape index (κ1) is 42.1. The number of hydrogen-bond acceptors (Lipinski definition) is 8. The van der Waals surface area contributed by atoms with Crippen LogP contribution in [0.3, 0.4) is 0 Å². The fourth-order valence-electron chi connectivity index (χ4n) is 4.94. The number of rotatable bonds is 17. The summed E-state index contributed by atoms with van der Waals surface area (Å²) in [5.74, 6) is -3.34. The number of hydrogen-bond donors (Lipinski definition) is 4. The molecule has 276 valence electrons. The lowest BCUT2D eigenvalue weighted by Crippen LogP contribution is -2.59. The molecule has 4 amide bonds. The van der Waals surface area contributed by atoms with Crippen molar-refractivity contribution in [3.05, 3.63) is 71.8 Å². The molecular formula is C37H56N4O8Si. The van der Waals surface area contributed by atoms with E-state index in [0.29, 0.717) is 12.0 Å². The van der Waals surface area contributed by atoms with Gasteiger partial charge in [0, 0.05) is 6.42 Å². The van der Waals surface area contributed by atoms with Crippen LogP contribution in [0.15, 0.2) is 60.7 Å². The third kappa shape index (κ3) is 12.7. The molecule has 2 aromatic carbocycles. The molecule has 0 saturated heterocycles. The molecule has 0 aromatic heterocycles. The number of imide groups is 1. The molecule has 12 nitrogen and oxygen atoms in total. The van der Waals surface area contributed by atoms with Crippen LogP contribution in [0.2, 0.25) is 18.1 Å². The van der Waals surface area contributed by atoms with E-state index in [0.717, 1.165) is 10.5 Å². The van der Waals surface area contributed by atoms with Crippen molar-refractivity contribution in [1.82, 2.24) is 15.5 Å². The van der Waals surface area contributed by atoms with Crippen LogP contribution in [-0.2, 0) is 41.4 Å². The van der Waals surface area contributed by atoms with E-state index in [4.69, 9.17) is 14.9 Å². The number of carbonyl (C=O) groups is 5. The van der Waals surface area contributed by atoms with E-state index in [2.05, 4.69) is 44.5 Å². The summed E-state index contributed by atoms with van der Waals surface area (Å²) in [6.07, 6.45) is -1.29. The zero-order valence-corrected chi connectivity index (χ0v) is 31.9. The van der Waals surface area contributed by atoms with Gasteiger partial charge in [0.05, 0.1) is 18.2 Å². The molecular weight excluding hydrogens is 657 g/mol. The van der Waals surface area contributed by atoms with Gasteiger partial charge in [-0.25, -0.2) is 14.5 Å². The average molecular weight is 713 g/mol. The fraction of sp³-hybridized carbons (Fsp3) is 0.541. The van der Waals surface area contributed by atoms with Gasteiger partial charge in [0.25, 0.3) is 0 Å². The standard InChI is InChI=1S/C37H56N4O8Si/c1-24(2)32(35(45)46)40-31(42)21-20-30(49-50(8,9)37(5,6)7)29(22-27-16-12-10-13-17-27)39-33(43)26(4)41(34(44)25(3)38)36(47)48-23-28-18-14-11-15-19-28/h10-19,24-26,29-30,32H,20-23,38H2,1-9H3,(H,39,43)(H,40,42)(H,45,46)/t25-,26-,29-,30-,32?/m0/s1. The molecule has 1 unspecified atom stereocenters. The number of nitrogens with zero attached hydrogens (tertiary/aromatic N) is 1. The van der Waals surface area contributed by atoms with E-state index in [1.807, 2.05) is 36.4 Å². The number of benzene rings is 2. The van der Waals surface area contributed by atoms with Crippen LogP contribution in [0.1, 0.15) is 72.4 Å². The molecule has 0 spiro atoms. The van der Waals surface area contributed by atoms with E-state index in [9.17, 15) is 29.1 Å².